The van der Waals surface area contributed by atoms with Crippen molar-refractivity contribution < 1.29 is 0 Å². The number of aromatic nitrogens is 3. The summed E-state index contributed by atoms with van der Waals surface area (Å²) in [7, 11) is 0. The molecule has 1 aromatic heterocycles. The molecule has 0 fully saturated rings. The van der Waals surface area contributed by atoms with Crippen LogP contribution in [0.2, 0.25) is 0 Å². The summed E-state index contributed by atoms with van der Waals surface area (Å²) < 4.78 is 1.92. The number of anilines is 1. The van der Waals surface area contributed by atoms with Crippen molar-refractivity contribution >= 4 is 17.7 Å². The second-order valence-electron chi connectivity index (χ2n) is 4.90. The molecular weight excluding hydrogens is 292 g/mol. The summed E-state index contributed by atoms with van der Waals surface area (Å²) in [6.07, 6.45) is 1.99. The lowest BCUT2D eigenvalue weighted by atomic mass is 10.2. The highest BCUT2D eigenvalue weighted by molar-refractivity contribution is 7.98. The maximum Gasteiger partial charge on any atom is 0.222 e. The van der Waals surface area contributed by atoms with Crippen LogP contribution >= 0.6 is 11.8 Å². The highest BCUT2D eigenvalue weighted by atomic mass is 32.2. The van der Waals surface area contributed by atoms with Crippen LogP contribution in [0.25, 0.3) is 0 Å². The first-order valence-electron chi connectivity index (χ1n) is 7.16. The van der Waals surface area contributed by atoms with E-state index in [0.717, 1.165) is 17.6 Å². The highest BCUT2D eigenvalue weighted by Crippen LogP contribution is 2.16. The van der Waals surface area contributed by atoms with Gasteiger partial charge in [-0.05, 0) is 17.4 Å². The standard InChI is InChI=1S/C17H18N4S/c1-22-17-19-16(18-12-14-8-4-2-5-9-14)21(20-17)13-15-10-6-3-7-11-15/h2-11H,12-13H2,1H3,(H,18,19,20). The fraction of sp³-hybridized carbons (Fsp3) is 0.176. The van der Waals surface area contributed by atoms with E-state index in [0.29, 0.717) is 6.54 Å². The van der Waals surface area contributed by atoms with Gasteiger partial charge in [0.25, 0.3) is 0 Å². The van der Waals surface area contributed by atoms with Gasteiger partial charge in [0.2, 0.25) is 11.1 Å². The van der Waals surface area contributed by atoms with E-state index in [9.17, 15) is 0 Å². The molecule has 0 spiro atoms. The van der Waals surface area contributed by atoms with Crippen molar-refractivity contribution in [1.82, 2.24) is 14.8 Å². The predicted octanol–water partition coefficient (Wildman–Crippen LogP) is 3.66. The van der Waals surface area contributed by atoms with Crippen molar-refractivity contribution in [2.75, 3.05) is 11.6 Å². The van der Waals surface area contributed by atoms with E-state index in [4.69, 9.17) is 0 Å². The molecular formula is C17H18N4S. The molecule has 0 saturated heterocycles. The van der Waals surface area contributed by atoms with E-state index in [1.807, 2.05) is 47.3 Å². The summed E-state index contributed by atoms with van der Waals surface area (Å²) in [4.78, 5) is 4.54. The minimum atomic E-state index is 0.714. The van der Waals surface area contributed by atoms with Crippen LogP contribution in [0.3, 0.4) is 0 Å². The van der Waals surface area contributed by atoms with Crippen molar-refractivity contribution in [3.8, 4) is 0 Å². The number of rotatable bonds is 6. The fourth-order valence-corrected chi connectivity index (χ4v) is 2.54. The van der Waals surface area contributed by atoms with Crippen LogP contribution in [0, 0.1) is 0 Å². The van der Waals surface area contributed by atoms with Crippen LogP contribution in [0.4, 0.5) is 5.95 Å². The van der Waals surface area contributed by atoms with Crippen molar-refractivity contribution in [2.45, 2.75) is 18.2 Å². The van der Waals surface area contributed by atoms with Gasteiger partial charge >= 0.3 is 0 Å². The predicted molar refractivity (Wildman–Crippen MR) is 91.1 cm³/mol. The lowest BCUT2D eigenvalue weighted by Gasteiger charge is -2.08. The molecule has 3 rings (SSSR count). The molecule has 0 amide bonds. The molecule has 0 bridgehead atoms. The van der Waals surface area contributed by atoms with Crippen LogP contribution in [0.15, 0.2) is 65.8 Å². The first-order chi connectivity index (χ1) is 10.8. The average molecular weight is 310 g/mol. The van der Waals surface area contributed by atoms with E-state index < -0.39 is 0 Å². The third kappa shape index (κ3) is 3.68. The van der Waals surface area contributed by atoms with Crippen LogP contribution in [-0.2, 0) is 13.1 Å². The van der Waals surface area contributed by atoms with Crippen molar-refractivity contribution in [3.63, 3.8) is 0 Å². The van der Waals surface area contributed by atoms with Gasteiger partial charge in [-0.3, -0.25) is 0 Å². The number of hydrogen-bond acceptors (Lipinski definition) is 4. The number of nitrogens with zero attached hydrogens (tertiary/aromatic N) is 3. The van der Waals surface area contributed by atoms with Gasteiger partial charge in [0.1, 0.15) is 0 Å². The van der Waals surface area contributed by atoms with E-state index in [1.165, 1.54) is 11.1 Å². The second kappa shape index (κ2) is 7.13. The van der Waals surface area contributed by atoms with Gasteiger partial charge in [0.05, 0.1) is 6.54 Å². The number of hydrogen-bond donors (Lipinski definition) is 1. The molecule has 1 N–H and O–H groups in total. The van der Waals surface area contributed by atoms with Crippen molar-refractivity contribution in [2.24, 2.45) is 0 Å². The Morgan fingerprint density at radius 1 is 0.955 bits per heavy atom. The molecule has 0 saturated carbocycles. The normalized spacial score (nSPS) is 10.6. The Labute approximate surface area is 134 Å². The van der Waals surface area contributed by atoms with E-state index in [-0.39, 0.29) is 0 Å². The molecule has 0 unspecified atom stereocenters. The van der Waals surface area contributed by atoms with Crippen molar-refractivity contribution in [1.29, 1.82) is 0 Å². The average Bonchev–Trinajstić information content (AvgIpc) is 2.97. The fourth-order valence-electron chi connectivity index (χ4n) is 2.18. The Morgan fingerprint density at radius 2 is 1.59 bits per heavy atom. The van der Waals surface area contributed by atoms with Gasteiger partial charge in [-0.2, -0.15) is 4.98 Å². The minimum Gasteiger partial charge on any atom is -0.350 e. The van der Waals surface area contributed by atoms with Crippen LogP contribution in [-0.4, -0.2) is 21.0 Å². The first-order valence-corrected chi connectivity index (χ1v) is 8.38. The number of nitrogens with one attached hydrogen (secondary N) is 1. The highest BCUT2D eigenvalue weighted by Gasteiger charge is 2.09. The third-order valence-corrected chi connectivity index (χ3v) is 3.84. The molecule has 22 heavy (non-hydrogen) atoms. The zero-order valence-electron chi connectivity index (χ0n) is 12.4. The summed E-state index contributed by atoms with van der Waals surface area (Å²) in [5.41, 5.74) is 2.44. The molecule has 0 aliphatic rings. The quantitative estimate of drug-likeness (QED) is 0.706. The monoisotopic (exact) mass is 310 g/mol. The maximum atomic E-state index is 4.54. The topological polar surface area (TPSA) is 42.7 Å². The number of benzene rings is 2. The molecule has 5 heteroatoms. The maximum absolute atomic E-state index is 4.54. The molecule has 0 aliphatic heterocycles. The Hall–Kier alpha value is -2.27. The molecule has 2 aromatic carbocycles. The first kappa shape index (κ1) is 14.7. The molecule has 1 heterocycles. The largest absolute Gasteiger partial charge is 0.350 e. The zero-order chi connectivity index (χ0) is 15.2. The molecule has 112 valence electrons. The minimum absolute atomic E-state index is 0.714. The van der Waals surface area contributed by atoms with E-state index in [1.54, 1.807) is 11.8 Å². The molecule has 3 aromatic rings. The summed E-state index contributed by atoms with van der Waals surface area (Å²) in [6, 6.07) is 20.6. The summed E-state index contributed by atoms with van der Waals surface area (Å²) >= 11 is 1.55. The molecule has 0 radical (unpaired) electrons. The Bertz CT molecular complexity index is 710. The van der Waals surface area contributed by atoms with Gasteiger partial charge in [-0.15, -0.1) is 5.10 Å². The lowest BCUT2D eigenvalue weighted by molar-refractivity contribution is 0.670. The summed E-state index contributed by atoms with van der Waals surface area (Å²) in [6.45, 7) is 1.45. The van der Waals surface area contributed by atoms with Gasteiger partial charge in [0.15, 0.2) is 0 Å². The van der Waals surface area contributed by atoms with E-state index in [2.05, 4.69) is 39.7 Å². The van der Waals surface area contributed by atoms with Gasteiger partial charge in [-0.1, -0.05) is 72.4 Å². The zero-order valence-corrected chi connectivity index (χ0v) is 13.3. The SMILES string of the molecule is CSc1nc(NCc2ccccc2)n(Cc2ccccc2)n1. The number of thioether (sulfide) groups is 1. The summed E-state index contributed by atoms with van der Waals surface area (Å²) in [5.74, 6) is 0.803. The Morgan fingerprint density at radius 3 is 2.23 bits per heavy atom. The third-order valence-electron chi connectivity index (χ3n) is 3.30. The molecule has 0 aliphatic carbocycles. The van der Waals surface area contributed by atoms with Crippen molar-refractivity contribution in [3.05, 3.63) is 71.8 Å². The van der Waals surface area contributed by atoms with Gasteiger partial charge < -0.3 is 5.32 Å². The smallest absolute Gasteiger partial charge is 0.222 e. The Kier molecular flexibility index (Phi) is 4.75. The molecule has 0 atom stereocenters. The molecule has 4 nitrogen and oxygen atoms in total. The van der Waals surface area contributed by atoms with Crippen LogP contribution in [0.1, 0.15) is 11.1 Å². The summed E-state index contributed by atoms with van der Waals surface area (Å²) in [5, 5.41) is 8.71. The lowest BCUT2D eigenvalue weighted by Crippen LogP contribution is -2.09. The van der Waals surface area contributed by atoms with Gasteiger partial charge in [-0.25, -0.2) is 4.68 Å². The second-order valence-corrected chi connectivity index (χ2v) is 5.68. The Balaban J connectivity index is 1.76. The van der Waals surface area contributed by atoms with E-state index >= 15 is 0 Å². The van der Waals surface area contributed by atoms with Crippen LogP contribution < -0.4 is 5.32 Å². The van der Waals surface area contributed by atoms with Crippen LogP contribution in [0.5, 0.6) is 0 Å². The van der Waals surface area contributed by atoms with Gasteiger partial charge in [0, 0.05) is 6.54 Å².